The number of benzene rings is 1. The summed E-state index contributed by atoms with van der Waals surface area (Å²) in [5.41, 5.74) is 2.73. The molecular formula is C21H16N6OS. The summed E-state index contributed by atoms with van der Waals surface area (Å²) in [4.78, 5) is 13.6. The van der Waals surface area contributed by atoms with Gasteiger partial charge in [-0.15, -0.1) is 16.5 Å². The van der Waals surface area contributed by atoms with Gasteiger partial charge in [0, 0.05) is 11.8 Å². The van der Waals surface area contributed by atoms with Crippen LogP contribution in [0.3, 0.4) is 0 Å². The molecule has 3 aromatic heterocycles. The largest absolute Gasteiger partial charge is 0.493 e. The number of pyridine rings is 1. The lowest BCUT2D eigenvalue weighted by atomic mass is 10.1. The topological polar surface area (TPSA) is 96.4 Å². The second-order valence-corrected chi connectivity index (χ2v) is 6.96. The van der Waals surface area contributed by atoms with Crippen LogP contribution in [-0.4, -0.2) is 21.6 Å². The summed E-state index contributed by atoms with van der Waals surface area (Å²) < 4.78 is 6.46. The van der Waals surface area contributed by atoms with Gasteiger partial charge in [-0.1, -0.05) is 18.2 Å². The van der Waals surface area contributed by atoms with Crippen LogP contribution >= 0.6 is 11.3 Å². The second kappa shape index (κ2) is 8.54. The van der Waals surface area contributed by atoms with E-state index in [0.717, 1.165) is 26.6 Å². The van der Waals surface area contributed by atoms with E-state index in [1.165, 1.54) is 17.7 Å². The molecule has 0 spiro atoms. The van der Waals surface area contributed by atoms with Crippen LogP contribution in [0.4, 0.5) is 5.82 Å². The molecule has 0 N–H and O–H groups in total. The third-order valence-electron chi connectivity index (χ3n) is 4.12. The van der Waals surface area contributed by atoms with Crippen molar-refractivity contribution in [3.05, 3.63) is 66.2 Å². The lowest BCUT2D eigenvalue weighted by Gasteiger charge is -2.08. The lowest BCUT2D eigenvalue weighted by Crippen LogP contribution is -1.93. The Balaban J connectivity index is 1.77. The first-order valence-electron chi connectivity index (χ1n) is 8.99. The molecule has 0 aliphatic carbocycles. The third-order valence-corrected chi connectivity index (χ3v) is 5.33. The summed E-state index contributed by atoms with van der Waals surface area (Å²) in [6, 6.07) is 15.6. The summed E-state index contributed by atoms with van der Waals surface area (Å²) in [6.07, 6.45) is 3.12. The maximum Gasteiger partial charge on any atom is 0.195 e. The van der Waals surface area contributed by atoms with Crippen LogP contribution in [0, 0.1) is 11.3 Å². The molecule has 1 aromatic carbocycles. The highest BCUT2D eigenvalue weighted by molar-refractivity contribution is 7.23. The first-order chi connectivity index (χ1) is 14.3. The van der Waals surface area contributed by atoms with Gasteiger partial charge >= 0.3 is 0 Å². The number of azo groups is 1. The van der Waals surface area contributed by atoms with E-state index >= 15 is 0 Å². The monoisotopic (exact) mass is 400 g/mol. The smallest absolute Gasteiger partial charge is 0.195 e. The molecule has 3 heterocycles. The van der Waals surface area contributed by atoms with Gasteiger partial charge in [-0.2, -0.15) is 10.4 Å². The number of aromatic nitrogens is 3. The molecule has 0 aliphatic heterocycles. The van der Waals surface area contributed by atoms with Crippen molar-refractivity contribution < 1.29 is 4.74 Å². The van der Waals surface area contributed by atoms with Crippen molar-refractivity contribution in [1.82, 2.24) is 15.0 Å². The minimum absolute atomic E-state index is 0.350. The Labute approximate surface area is 171 Å². The minimum Gasteiger partial charge on any atom is -0.493 e. The third kappa shape index (κ3) is 3.81. The predicted octanol–water partition coefficient (Wildman–Crippen LogP) is 5.31. The zero-order chi connectivity index (χ0) is 20.1. The predicted molar refractivity (Wildman–Crippen MR) is 111 cm³/mol. The zero-order valence-corrected chi connectivity index (χ0v) is 16.4. The molecule has 8 heteroatoms. The molecule has 0 radical (unpaired) electrons. The van der Waals surface area contributed by atoms with Gasteiger partial charge in [0.25, 0.3) is 0 Å². The molecule has 0 saturated heterocycles. The first-order valence-corrected chi connectivity index (χ1v) is 9.80. The summed E-state index contributed by atoms with van der Waals surface area (Å²) in [6.45, 7) is 2.82. The molecule has 0 aliphatic rings. The van der Waals surface area contributed by atoms with E-state index in [1.807, 2.05) is 49.4 Å². The number of ether oxygens (including phenoxy) is 1. The van der Waals surface area contributed by atoms with E-state index in [1.54, 1.807) is 6.20 Å². The number of nitrogens with zero attached hydrogens (tertiary/aromatic N) is 6. The maximum atomic E-state index is 9.80. The van der Waals surface area contributed by atoms with Gasteiger partial charge in [0.15, 0.2) is 5.82 Å². The van der Waals surface area contributed by atoms with Crippen molar-refractivity contribution in [2.45, 2.75) is 13.5 Å². The van der Waals surface area contributed by atoms with E-state index in [9.17, 15) is 5.26 Å². The molecule has 142 valence electrons. The number of hydrogen-bond acceptors (Lipinski definition) is 8. The molecular weight excluding hydrogens is 384 g/mol. The molecule has 0 unspecified atom stereocenters. The summed E-state index contributed by atoms with van der Waals surface area (Å²) in [5, 5.41) is 18.3. The molecule has 4 aromatic rings. The van der Waals surface area contributed by atoms with E-state index in [4.69, 9.17) is 4.74 Å². The van der Waals surface area contributed by atoms with Crippen LogP contribution in [0.5, 0.6) is 5.75 Å². The second-order valence-electron chi connectivity index (χ2n) is 5.94. The summed E-state index contributed by atoms with van der Waals surface area (Å²) >= 11 is 1.42. The lowest BCUT2D eigenvalue weighted by molar-refractivity contribution is 0.341. The van der Waals surface area contributed by atoms with E-state index in [0.29, 0.717) is 30.0 Å². The Morgan fingerprint density at radius 3 is 2.76 bits per heavy atom. The normalized spacial score (nSPS) is 11.0. The van der Waals surface area contributed by atoms with E-state index < -0.39 is 0 Å². The Morgan fingerprint density at radius 1 is 1.10 bits per heavy atom. The zero-order valence-electron chi connectivity index (χ0n) is 15.6. The van der Waals surface area contributed by atoms with Crippen LogP contribution in [0.2, 0.25) is 0 Å². The maximum absolute atomic E-state index is 9.80. The summed E-state index contributed by atoms with van der Waals surface area (Å²) in [5.74, 6) is 1.16. The van der Waals surface area contributed by atoms with Crippen LogP contribution in [0.1, 0.15) is 18.2 Å². The van der Waals surface area contributed by atoms with Crippen LogP contribution < -0.4 is 4.74 Å². The average Bonchev–Trinajstić information content (AvgIpc) is 3.14. The van der Waals surface area contributed by atoms with E-state index in [-0.39, 0.29) is 0 Å². The van der Waals surface area contributed by atoms with Crippen molar-refractivity contribution in [1.29, 1.82) is 5.26 Å². The Morgan fingerprint density at radius 2 is 1.97 bits per heavy atom. The van der Waals surface area contributed by atoms with Gasteiger partial charge < -0.3 is 4.74 Å². The van der Waals surface area contributed by atoms with Gasteiger partial charge in [-0.25, -0.2) is 9.97 Å². The Bertz CT molecular complexity index is 1210. The number of para-hydroxylation sites is 1. The van der Waals surface area contributed by atoms with Crippen LogP contribution in [0.25, 0.3) is 20.7 Å². The van der Waals surface area contributed by atoms with Crippen molar-refractivity contribution >= 4 is 27.4 Å². The number of nitriles is 1. The highest BCUT2D eigenvalue weighted by atomic mass is 32.1. The number of rotatable bonds is 6. The Kier molecular flexibility index (Phi) is 5.49. The van der Waals surface area contributed by atoms with Gasteiger partial charge in [0.1, 0.15) is 34.9 Å². The standard InChI is InChI=1S/C21H16N6OS/c1-2-28-17-9-4-3-8-15(17)19-16(11-22)18-20(29-19)21(25-13-24-18)27-26-12-14-7-5-6-10-23-14/h3-10,13H,2,12H2,1H3. The van der Waals surface area contributed by atoms with Gasteiger partial charge in [-0.05, 0) is 31.2 Å². The molecule has 7 nitrogen and oxygen atoms in total. The first kappa shape index (κ1) is 18.7. The summed E-state index contributed by atoms with van der Waals surface area (Å²) in [7, 11) is 0. The highest BCUT2D eigenvalue weighted by Gasteiger charge is 2.20. The van der Waals surface area contributed by atoms with Crippen molar-refractivity contribution in [3.8, 4) is 22.3 Å². The number of thiophene rings is 1. The number of hydrogen-bond donors (Lipinski definition) is 0. The van der Waals surface area contributed by atoms with Gasteiger partial charge in [0.2, 0.25) is 0 Å². The van der Waals surface area contributed by atoms with E-state index in [2.05, 4.69) is 31.2 Å². The molecule has 0 atom stereocenters. The molecule has 4 rings (SSSR count). The minimum atomic E-state index is 0.350. The molecule has 0 bridgehead atoms. The molecule has 29 heavy (non-hydrogen) atoms. The number of fused-ring (bicyclic) bond motifs is 1. The molecule has 0 fully saturated rings. The van der Waals surface area contributed by atoms with Crippen molar-refractivity contribution in [2.24, 2.45) is 10.2 Å². The Hall–Kier alpha value is -3.70. The van der Waals surface area contributed by atoms with Crippen molar-refractivity contribution in [3.63, 3.8) is 0 Å². The van der Waals surface area contributed by atoms with Crippen LogP contribution in [0.15, 0.2) is 65.2 Å². The van der Waals surface area contributed by atoms with Gasteiger partial charge in [0.05, 0.1) is 22.7 Å². The average molecular weight is 400 g/mol. The molecule has 0 amide bonds. The fraction of sp³-hybridized carbons (Fsp3) is 0.143. The SMILES string of the molecule is CCOc1ccccc1-c1sc2c(N=NCc3ccccn3)ncnc2c1C#N. The van der Waals surface area contributed by atoms with Gasteiger partial charge in [-0.3, -0.25) is 4.98 Å². The van der Waals surface area contributed by atoms with Crippen LogP contribution in [-0.2, 0) is 6.54 Å². The highest BCUT2D eigenvalue weighted by Crippen LogP contribution is 2.43. The molecule has 0 saturated carbocycles. The quantitative estimate of drug-likeness (QED) is 0.409. The fourth-order valence-electron chi connectivity index (χ4n) is 2.86. The van der Waals surface area contributed by atoms with Crippen molar-refractivity contribution in [2.75, 3.05) is 6.61 Å². The fourth-order valence-corrected chi connectivity index (χ4v) is 4.03.